The molecule has 1 aromatic heterocycles. The molecule has 0 bridgehead atoms. The third-order valence-corrected chi connectivity index (χ3v) is 3.23. The highest BCUT2D eigenvalue weighted by Gasteiger charge is 2.16. The molecule has 1 aliphatic rings. The minimum Gasteiger partial charge on any atom is -0.314 e. The summed E-state index contributed by atoms with van der Waals surface area (Å²) >= 11 is 0. The average Bonchev–Trinajstić information content (AvgIpc) is 2.55. The van der Waals surface area contributed by atoms with Gasteiger partial charge in [0.05, 0.1) is 0 Å². The van der Waals surface area contributed by atoms with Crippen LogP contribution in [0.2, 0.25) is 0 Å². The summed E-state index contributed by atoms with van der Waals surface area (Å²) in [5, 5.41) is 7.89. The van der Waals surface area contributed by atoms with Gasteiger partial charge in [0.1, 0.15) is 12.2 Å². The maximum absolute atomic E-state index is 4.37. The Morgan fingerprint density at radius 1 is 1.44 bits per heavy atom. The summed E-state index contributed by atoms with van der Waals surface area (Å²) in [7, 11) is 0. The maximum Gasteiger partial charge on any atom is 0.138 e. The second-order valence-electron chi connectivity index (χ2n) is 4.92. The Morgan fingerprint density at radius 3 is 3.12 bits per heavy atom. The van der Waals surface area contributed by atoms with Crippen molar-refractivity contribution in [1.29, 1.82) is 0 Å². The number of hydrogen-bond acceptors (Lipinski definition) is 3. The minimum absolute atomic E-state index is 0.406. The summed E-state index contributed by atoms with van der Waals surface area (Å²) in [6.45, 7) is 5.46. The quantitative estimate of drug-likeness (QED) is 0.850. The Morgan fingerprint density at radius 2 is 2.31 bits per heavy atom. The van der Waals surface area contributed by atoms with Gasteiger partial charge in [-0.2, -0.15) is 5.10 Å². The molecular weight excluding hydrogens is 200 g/mol. The number of nitrogens with one attached hydrogen (secondary N) is 1. The molecule has 0 saturated carbocycles. The molecule has 0 amide bonds. The molecule has 0 spiro atoms. The third kappa shape index (κ3) is 2.82. The first kappa shape index (κ1) is 11.6. The summed E-state index contributed by atoms with van der Waals surface area (Å²) in [6.07, 6.45) is 7.97. The normalized spacial score (nSPS) is 22.3. The lowest BCUT2D eigenvalue weighted by atomic mass is 10.1. The van der Waals surface area contributed by atoms with Crippen molar-refractivity contribution in [3.05, 3.63) is 12.2 Å². The van der Waals surface area contributed by atoms with Crippen LogP contribution in [0.5, 0.6) is 0 Å². The zero-order valence-electron chi connectivity index (χ0n) is 10.3. The third-order valence-electron chi connectivity index (χ3n) is 3.23. The van der Waals surface area contributed by atoms with Crippen molar-refractivity contribution in [2.75, 3.05) is 6.54 Å². The monoisotopic (exact) mass is 222 g/mol. The van der Waals surface area contributed by atoms with E-state index in [1.807, 2.05) is 4.68 Å². The van der Waals surface area contributed by atoms with Crippen LogP contribution in [0.4, 0.5) is 0 Å². The van der Waals surface area contributed by atoms with E-state index < -0.39 is 0 Å². The standard InChI is InChI=1S/C12H22N4/c1-10(2)16-12(14-9-15-16)8-11-6-4-3-5-7-13-11/h9-11,13H,3-8H2,1-2H3. The Kier molecular flexibility index (Phi) is 3.93. The van der Waals surface area contributed by atoms with Crippen molar-refractivity contribution in [3.8, 4) is 0 Å². The molecule has 0 aliphatic carbocycles. The van der Waals surface area contributed by atoms with Crippen LogP contribution in [-0.4, -0.2) is 27.4 Å². The van der Waals surface area contributed by atoms with Crippen LogP contribution in [0.25, 0.3) is 0 Å². The van der Waals surface area contributed by atoms with E-state index >= 15 is 0 Å². The van der Waals surface area contributed by atoms with Gasteiger partial charge in [-0.3, -0.25) is 0 Å². The van der Waals surface area contributed by atoms with E-state index in [2.05, 4.69) is 29.2 Å². The average molecular weight is 222 g/mol. The molecule has 0 aromatic carbocycles. The van der Waals surface area contributed by atoms with Gasteiger partial charge >= 0.3 is 0 Å². The van der Waals surface area contributed by atoms with Crippen LogP contribution in [0.3, 0.4) is 0 Å². The number of hydrogen-bond donors (Lipinski definition) is 1. The first-order valence-corrected chi connectivity index (χ1v) is 6.39. The van der Waals surface area contributed by atoms with Crippen molar-refractivity contribution in [1.82, 2.24) is 20.1 Å². The van der Waals surface area contributed by atoms with Gasteiger partial charge in [-0.25, -0.2) is 9.67 Å². The van der Waals surface area contributed by atoms with E-state index in [9.17, 15) is 0 Å². The Hall–Kier alpha value is -0.900. The molecule has 4 heteroatoms. The smallest absolute Gasteiger partial charge is 0.138 e. The molecule has 16 heavy (non-hydrogen) atoms. The van der Waals surface area contributed by atoms with Gasteiger partial charge < -0.3 is 5.32 Å². The molecule has 1 N–H and O–H groups in total. The van der Waals surface area contributed by atoms with Crippen LogP contribution < -0.4 is 5.32 Å². The molecule has 2 heterocycles. The van der Waals surface area contributed by atoms with Gasteiger partial charge in [-0.15, -0.1) is 0 Å². The number of rotatable bonds is 3. The van der Waals surface area contributed by atoms with Gasteiger partial charge in [-0.1, -0.05) is 12.8 Å². The lowest BCUT2D eigenvalue weighted by molar-refractivity contribution is 0.452. The van der Waals surface area contributed by atoms with Gasteiger partial charge in [0.25, 0.3) is 0 Å². The summed E-state index contributed by atoms with van der Waals surface area (Å²) in [5.74, 6) is 1.12. The molecule has 2 rings (SSSR count). The minimum atomic E-state index is 0.406. The van der Waals surface area contributed by atoms with Crippen molar-refractivity contribution in [3.63, 3.8) is 0 Å². The van der Waals surface area contributed by atoms with E-state index in [0.717, 1.165) is 18.8 Å². The van der Waals surface area contributed by atoms with Crippen molar-refractivity contribution >= 4 is 0 Å². The predicted octanol–water partition coefficient (Wildman–Crippen LogP) is 1.93. The highest BCUT2D eigenvalue weighted by atomic mass is 15.3. The maximum atomic E-state index is 4.37. The fourth-order valence-corrected chi connectivity index (χ4v) is 2.35. The van der Waals surface area contributed by atoms with E-state index in [1.54, 1.807) is 6.33 Å². The van der Waals surface area contributed by atoms with Gasteiger partial charge in [0.15, 0.2) is 0 Å². The van der Waals surface area contributed by atoms with Crippen LogP contribution in [0.1, 0.15) is 51.4 Å². The summed E-state index contributed by atoms with van der Waals surface area (Å²) < 4.78 is 2.03. The molecule has 4 nitrogen and oxygen atoms in total. The summed E-state index contributed by atoms with van der Waals surface area (Å²) in [4.78, 5) is 4.37. The zero-order chi connectivity index (χ0) is 11.4. The van der Waals surface area contributed by atoms with Crippen LogP contribution in [0.15, 0.2) is 6.33 Å². The first-order valence-electron chi connectivity index (χ1n) is 6.39. The molecule has 1 unspecified atom stereocenters. The summed E-state index contributed by atoms with van der Waals surface area (Å²) in [6, 6.07) is 0.993. The highest BCUT2D eigenvalue weighted by Crippen LogP contribution is 2.13. The summed E-state index contributed by atoms with van der Waals surface area (Å²) in [5.41, 5.74) is 0. The Bertz CT molecular complexity index is 311. The van der Waals surface area contributed by atoms with Crippen LogP contribution in [0, 0.1) is 0 Å². The highest BCUT2D eigenvalue weighted by molar-refractivity contribution is 4.91. The van der Waals surface area contributed by atoms with Gasteiger partial charge in [0.2, 0.25) is 0 Å². The molecule has 1 atom stereocenters. The topological polar surface area (TPSA) is 42.7 Å². The molecule has 1 saturated heterocycles. The van der Waals surface area contributed by atoms with E-state index in [1.165, 1.54) is 25.7 Å². The van der Waals surface area contributed by atoms with E-state index in [4.69, 9.17) is 0 Å². The SMILES string of the molecule is CC(C)n1ncnc1CC1CCCCCN1. The number of aromatic nitrogens is 3. The molecule has 1 fully saturated rings. The fraction of sp³-hybridized carbons (Fsp3) is 0.833. The first-order chi connectivity index (χ1) is 7.77. The van der Waals surface area contributed by atoms with Crippen molar-refractivity contribution < 1.29 is 0 Å². The van der Waals surface area contributed by atoms with E-state index in [-0.39, 0.29) is 0 Å². The largest absolute Gasteiger partial charge is 0.314 e. The van der Waals surface area contributed by atoms with Crippen LogP contribution >= 0.6 is 0 Å². The van der Waals surface area contributed by atoms with Gasteiger partial charge in [-0.05, 0) is 33.2 Å². The fourth-order valence-electron chi connectivity index (χ4n) is 2.35. The molecule has 1 aliphatic heterocycles. The van der Waals surface area contributed by atoms with E-state index in [0.29, 0.717) is 12.1 Å². The lowest BCUT2D eigenvalue weighted by Crippen LogP contribution is -2.31. The predicted molar refractivity (Wildman–Crippen MR) is 64.4 cm³/mol. The van der Waals surface area contributed by atoms with Crippen LogP contribution in [-0.2, 0) is 6.42 Å². The number of nitrogens with zero attached hydrogens (tertiary/aromatic N) is 3. The molecule has 0 radical (unpaired) electrons. The molecule has 1 aromatic rings. The van der Waals surface area contributed by atoms with Crippen molar-refractivity contribution in [2.24, 2.45) is 0 Å². The van der Waals surface area contributed by atoms with Gasteiger partial charge in [0, 0.05) is 18.5 Å². The Labute approximate surface area is 97.5 Å². The zero-order valence-corrected chi connectivity index (χ0v) is 10.3. The second kappa shape index (κ2) is 5.43. The lowest BCUT2D eigenvalue weighted by Gasteiger charge is -2.16. The molecular formula is C12H22N4. The Balaban J connectivity index is 1.99. The van der Waals surface area contributed by atoms with Crippen molar-refractivity contribution in [2.45, 2.75) is 58.0 Å². The second-order valence-corrected chi connectivity index (χ2v) is 4.92. The molecule has 90 valence electrons.